The van der Waals surface area contributed by atoms with Gasteiger partial charge >= 0.3 is 0 Å². The van der Waals surface area contributed by atoms with Crippen molar-refractivity contribution in [2.45, 2.75) is 25.8 Å². The van der Waals surface area contributed by atoms with E-state index in [1.165, 1.54) is 6.42 Å². The third kappa shape index (κ3) is 1.46. The molecule has 86 valence electrons. The molecule has 0 bridgehead atoms. The van der Waals surface area contributed by atoms with E-state index in [9.17, 15) is 0 Å². The Morgan fingerprint density at radius 3 is 3.06 bits per heavy atom. The molecule has 1 aromatic carbocycles. The van der Waals surface area contributed by atoms with Crippen LogP contribution in [0.4, 0.5) is 0 Å². The molecule has 0 amide bonds. The summed E-state index contributed by atoms with van der Waals surface area (Å²) in [6.07, 6.45) is 2.34. The molecule has 1 saturated heterocycles. The molecule has 2 aliphatic heterocycles. The van der Waals surface area contributed by atoms with Gasteiger partial charge in [0, 0.05) is 11.6 Å². The van der Waals surface area contributed by atoms with E-state index in [4.69, 9.17) is 21.1 Å². The molecular formula is C12H14ClNO2. The van der Waals surface area contributed by atoms with Gasteiger partial charge in [0.05, 0.1) is 5.02 Å². The van der Waals surface area contributed by atoms with E-state index in [2.05, 4.69) is 5.32 Å². The summed E-state index contributed by atoms with van der Waals surface area (Å²) in [5.41, 5.74) is 2.13. The van der Waals surface area contributed by atoms with E-state index >= 15 is 0 Å². The van der Waals surface area contributed by atoms with Crippen LogP contribution in [0.2, 0.25) is 5.02 Å². The molecule has 2 aliphatic rings. The van der Waals surface area contributed by atoms with Crippen LogP contribution in [0.3, 0.4) is 0 Å². The summed E-state index contributed by atoms with van der Waals surface area (Å²) in [6, 6.07) is 2.38. The van der Waals surface area contributed by atoms with Crippen LogP contribution in [0.15, 0.2) is 6.07 Å². The summed E-state index contributed by atoms with van der Waals surface area (Å²) in [5.74, 6) is 1.62. The predicted octanol–water partition coefficient (Wildman–Crippen LogP) is 2.80. The van der Waals surface area contributed by atoms with Crippen LogP contribution in [0.25, 0.3) is 0 Å². The molecule has 0 saturated carbocycles. The lowest BCUT2D eigenvalue weighted by Crippen LogP contribution is -2.13. The lowest BCUT2D eigenvalue weighted by atomic mass is 10.0. The average molecular weight is 240 g/mol. The normalized spacial score (nSPS) is 22.8. The second-order valence-electron chi connectivity index (χ2n) is 4.29. The van der Waals surface area contributed by atoms with Gasteiger partial charge in [0.1, 0.15) is 0 Å². The number of benzene rings is 1. The fraction of sp³-hybridized carbons (Fsp3) is 0.500. The summed E-state index contributed by atoms with van der Waals surface area (Å²) >= 11 is 6.38. The van der Waals surface area contributed by atoms with Crippen LogP contribution < -0.4 is 14.8 Å². The predicted molar refractivity (Wildman–Crippen MR) is 62.3 cm³/mol. The molecule has 3 nitrogen and oxygen atoms in total. The van der Waals surface area contributed by atoms with Crippen molar-refractivity contribution in [3.8, 4) is 11.5 Å². The summed E-state index contributed by atoms with van der Waals surface area (Å²) in [6.45, 7) is 3.34. The first kappa shape index (κ1) is 10.2. The SMILES string of the molecule is Cc1c(Cl)c(C2CCCN2)cc2c1OCO2. The summed E-state index contributed by atoms with van der Waals surface area (Å²) in [4.78, 5) is 0. The number of halogens is 1. The van der Waals surface area contributed by atoms with Crippen LogP contribution >= 0.6 is 11.6 Å². The molecule has 1 fully saturated rings. The van der Waals surface area contributed by atoms with Gasteiger partial charge in [-0.25, -0.2) is 0 Å². The van der Waals surface area contributed by atoms with Crippen LogP contribution in [-0.4, -0.2) is 13.3 Å². The maximum Gasteiger partial charge on any atom is 0.231 e. The van der Waals surface area contributed by atoms with Crippen molar-refractivity contribution < 1.29 is 9.47 Å². The summed E-state index contributed by atoms with van der Waals surface area (Å²) in [5, 5.41) is 4.26. The van der Waals surface area contributed by atoms with Gasteiger partial charge in [0.15, 0.2) is 11.5 Å². The monoisotopic (exact) mass is 239 g/mol. The highest BCUT2D eigenvalue weighted by Crippen LogP contribution is 2.44. The Kier molecular flexibility index (Phi) is 2.45. The molecule has 16 heavy (non-hydrogen) atoms. The fourth-order valence-electron chi connectivity index (χ4n) is 2.41. The van der Waals surface area contributed by atoms with Crippen molar-refractivity contribution >= 4 is 11.6 Å². The Bertz CT molecular complexity index is 428. The molecule has 1 N–H and O–H groups in total. The molecule has 1 unspecified atom stereocenters. The molecule has 3 rings (SSSR count). The van der Waals surface area contributed by atoms with Crippen LogP contribution in [0.1, 0.15) is 30.0 Å². The zero-order valence-corrected chi connectivity index (χ0v) is 9.93. The lowest BCUT2D eigenvalue weighted by Gasteiger charge is -2.15. The Balaban J connectivity index is 2.08. The van der Waals surface area contributed by atoms with Gasteiger partial charge in [-0.3, -0.25) is 0 Å². The first-order valence-corrected chi connectivity index (χ1v) is 5.97. The third-order valence-corrected chi connectivity index (χ3v) is 3.79. The minimum absolute atomic E-state index is 0.300. The third-order valence-electron chi connectivity index (χ3n) is 3.29. The van der Waals surface area contributed by atoms with Gasteiger partial charge < -0.3 is 14.8 Å². The Morgan fingerprint density at radius 2 is 2.31 bits per heavy atom. The van der Waals surface area contributed by atoms with Crippen molar-refractivity contribution in [1.82, 2.24) is 5.32 Å². The van der Waals surface area contributed by atoms with Gasteiger partial charge in [-0.2, -0.15) is 0 Å². The molecular weight excluding hydrogens is 226 g/mol. The Hall–Kier alpha value is -0.930. The van der Waals surface area contributed by atoms with Crippen molar-refractivity contribution in [1.29, 1.82) is 0 Å². The maximum absolute atomic E-state index is 6.38. The molecule has 1 atom stereocenters. The Labute approximate surface area is 99.7 Å². The topological polar surface area (TPSA) is 30.5 Å². The number of ether oxygens (including phenoxy) is 2. The van der Waals surface area contributed by atoms with Crippen LogP contribution in [0, 0.1) is 6.92 Å². The maximum atomic E-state index is 6.38. The van der Waals surface area contributed by atoms with Gasteiger partial charge in [-0.15, -0.1) is 0 Å². The zero-order chi connectivity index (χ0) is 11.1. The highest BCUT2D eigenvalue weighted by Gasteiger charge is 2.26. The van der Waals surface area contributed by atoms with Crippen molar-refractivity contribution in [2.24, 2.45) is 0 Å². The molecule has 4 heteroatoms. The number of hydrogen-bond donors (Lipinski definition) is 1. The molecule has 2 heterocycles. The van der Waals surface area contributed by atoms with E-state index in [1.54, 1.807) is 0 Å². The molecule has 1 aromatic rings. The standard InChI is InChI=1S/C12H14ClNO2/c1-7-11(13)8(9-3-2-4-14-9)5-10-12(7)16-6-15-10/h5,9,14H,2-4,6H2,1H3. The van der Waals surface area contributed by atoms with Gasteiger partial charge in [0.25, 0.3) is 0 Å². The number of rotatable bonds is 1. The second kappa shape index (κ2) is 3.82. The van der Waals surface area contributed by atoms with E-state index in [1.807, 2.05) is 13.0 Å². The minimum atomic E-state index is 0.300. The second-order valence-corrected chi connectivity index (χ2v) is 4.67. The Morgan fingerprint density at radius 1 is 1.44 bits per heavy atom. The van der Waals surface area contributed by atoms with E-state index in [0.29, 0.717) is 12.8 Å². The smallest absolute Gasteiger partial charge is 0.231 e. The minimum Gasteiger partial charge on any atom is -0.454 e. The highest BCUT2D eigenvalue weighted by atomic mass is 35.5. The lowest BCUT2D eigenvalue weighted by molar-refractivity contribution is 0.173. The van der Waals surface area contributed by atoms with Crippen LogP contribution in [-0.2, 0) is 0 Å². The quantitative estimate of drug-likeness (QED) is 0.818. The van der Waals surface area contributed by atoms with E-state index < -0.39 is 0 Å². The average Bonchev–Trinajstić information content (AvgIpc) is 2.92. The zero-order valence-electron chi connectivity index (χ0n) is 9.18. The summed E-state index contributed by atoms with van der Waals surface area (Å²) < 4.78 is 10.8. The van der Waals surface area contributed by atoms with E-state index in [-0.39, 0.29) is 0 Å². The first-order valence-electron chi connectivity index (χ1n) is 5.59. The largest absolute Gasteiger partial charge is 0.454 e. The number of hydrogen-bond acceptors (Lipinski definition) is 3. The van der Waals surface area contributed by atoms with Gasteiger partial charge in [0.2, 0.25) is 6.79 Å². The molecule has 0 aliphatic carbocycles. The van der Waals surface area contributed by atoms with Crippen molar-refractivity contribution in [2.75, 3.05) is 13.3 Å². The number of fused-ring (bicyclic) bond motifs is 1. The highest BCUT2D eigenvalue weighted by molar-refractivity contribution is 6.32. The van der Waals surface area contributed by atoms with Gasteiger partial charge in [-0.1, -0.05) is 11.6 Å². The first-order chi connectivity index (χ1) is 7.77. The molecule has 0 spiro atoms. The molecule has 0 radical (unpaired) electrons. The van der Waals surface area contributed by atoms with Gasteiger partial charge in [-0.05, 0) is 37.9 Å². The molecule has 0 aromatic heterocycles. The van der Waals surface area contributed by atoms with Crippen LogP contribution in [0.5, 0.6) is 11.5 Å². The van der Waals surface area contributed by atoms with Crippen molar-refractivity contribution in [3.63, 3.8) is 0 Å². The summed E-state index contributed by atoms with van der Waals surface area (Å²) in [7, 11) is 0. The number of nitrogens with one attached hydrogen (secondary N) is 1. The fourth-order valence-corrected chi connectivity index (χ4v) is 2.69. The van der Waals surface area contributed by atoms with E-state index in [0.717, 1.165) is 40.6 Å². The van der Waals surface area contributed by atoms with Crippen molar-refractivity contribution in [3.05, 3.63) is 22.2 Å².